The van der Waals surface area contributed by atoms with Gasteiger partial charge in [0.25, 0.3) is 0 Å². The van der Waals surface area contributed by atoms with Crippen molar-refractivity contribution in [2.24, 2.45) is 0 Å². The van der Waals surface area contributed by atoms with E-state index in [1.165, 1.54) is 14.2 Å². The lowest BCUT2D eigenvalue weighted by molar-refractivity contribution is 0.103. The van der Waals surface area contributed by atoms with E-state index in [1.807, 2.05) is 0 Å². The van der Waals surface area contributed by atoms with E-state index in [-0.39, 0.29) is 5.78 Å². The Bertz CT molecular complexity index is 978. The maximum absolute atomic E-state index is 13.2. The molecule has 0 aliphatic heterocycles. The molecule has 0 spiro atoms. The number of methoxy groups -OCH3 is 2. The van der Waals surface area contributed by atoms with Crippen molar-refractivity contribution in [3.8, 4) is 17.2 Å². The average molecular weight is 370 g/mol. The molecule has 0 atom stereocenters. The first-order valence-electron chi connectivity index (χ1n) is 7.77. The van der Waals surface area contributed by atoms with E-state index in [9.17, 15) is 9.59 Å². The van der Waals surface area contributed by atoms with E-state index in [2.05, 4.69) is 0 Å². The molecule has 0 amide bonds. The van der Waals surface area contributed by atoms with Crippen LogP contribution in [0.25, 0.3) is 5.69 Å². The van der Waals surface area contributed by atoms with Crippen LogP contribution in [-0.4, -0.2) is 30.9 Å². The Balaban J connectivity index is 2.16. The fourth-order valence-electron chi connectivity index (χ4n) is 2.76. The number of halogens is 1. The zero-order valence-corrected chi connectivity index (χ0v) is 15.0. The van der Waals surface area contributed by atoms with Crippen molar-refractivity contribution in [1.29, 1.82) is 0 Å². The number of nitrogens with zero attached hydrogens (tertiary/aromatic N) is 1. The number of ketones is 1. The maximum atomic E-state index is 13.2. The fraction of sp³-hybridized carbons (Fsp3) is 0.100. The van der Waals surface area contributed by atoms with Crippen LogP contribution in [0.3, 0.4) is 0 Å². The number of rotatable bonds is 6. The molecule has 0 N–H and O–H groups in total. The summed E-state index contributed by atoms with van der Waals surface area (Å²) >= 11 is 6.13. The number of aromatic nitrogens is 1. The molecule has 0 aliphatic rings. The minimum atomic E-state index is -0.264. The van der Waals surface area contributed by atoms with Crippen molar-refractivity contribution >= 4 is 23.7 Å². The molecule has 3 rings (SSSR count). The van der Waals surface area contributed by atoms with Crippen LogP contribution in [0.5, 0.6) is 11.5 Å². The highest BCUT2D eigenvalue weighted by Gasteiger charge is 2.21. The van der Waals surface area contributed by atoms with Crippen LogP contribution in [-0.2, 0) is 0 Å². The van der Waals surface area contributed by atoms with Crippen LogP contribution in [0.4, 0.5) is 0 Å². The summed E-state index contributed by atoms with van der Waals surface area (Å²) in [7, 11) is 2.99. The molecule has 132 valence electrons. The third kappa shape index (κ3) is 3.21. The van der Waals surface area contributed by atoms with Gasteiger partial charge in [-0.3, -0.25) is 9.59 Å². The Hall–Kier alpha value is -3.05. The second-order valence-corrected chi connectivity index (χ2v) is 5.94. The summed E-state index contributed by atoms with van der Waals surface area (Å²) in [6.45, 7) is 0. The Labute approximate surface area is 155 Å². The number of ether oxygens (including phenoxy) is 2. The van der Waals surface area contributed by atoms with Crippen LogP contribution >= 0.6 is 11.6 Å². The van der Waals surface area contributed by atoms with Crippen LogP contribution in [0.15, 0.2) is 54.9 Å². The highest BCUT2D eigenvalue weighted by atomic mass is 35.5. The lowest BCUT2D eigenvalue weighted by Crippen LogP contribution is -2.09. The highest BCUT2D eigenvalue weighted by molar-refractivity contribution is 6.31. The zero-order chi connectivity index (χ0) is 18.7. The second-order valence-electron chi connectivity index (χ2n) is 5.50. The number of carbonyl (C=O) groups excluding carboxylic acids is 2. The van der Waals surface area contributed by atoms with E-state index >= 15 is 0 Å². The summed E-state index contributed by atoms with van der Waals surface area (Å²) in [6.07, 6.45) is 4.11. The number of hydrogen-bond acceptors (Lipinski definition) is 4. The van der Waals surface area contributed by atoms with Crippen molar-refractivity contribution in [1.82, 2.24) is 4.57 Å². The minimum absolute atomic E-state index is 0.264. The van der Waals surface area contributed by atoms with Crippen LogP contribution in [0.2, 0.25) is 5.02 Å². The number of hydrogen-bond donors (Lipinski definition) is 0. The molecule has 3 aromatic rings. The largest absolute Gasteiger partial charge is 0.493 e. The summed E-state index contributed by atoms with van der Waals surface area (Å²) in [5.41, 5.74) is 1.87. The summed E-state index contributed by atoms with van der Waals surface area (Å²) in [6, 6.07) is 11.8. The van der Waals surface area contributed by atoms with E-state index in [0.29, 0.717) is 38.9 Å². The van der Waals surface area contributed by atoms with Gasteiger partial charge in [-0.15, -0.1) is 0 Å². The van der Waals surface area contributed by atoms with Gasteiger partial charge in [-0.25, -0.2) is 0 Å². The van der Waals surface area contributed by atoms with E-state index in [0.717, 1.165) is 6.29 Å². The highest BCUT2D eigenvalue weighted by Crippen LogP contribution is 2.33. The van der Waals surface area contributed by atoms with Crippen molar-refractivity contribution in [2.45, 2.75) is 0 Å². The van der Waals surface area contributed by atoms with E-state index in [4.69, 9.17) is 21.1 Å². The van der Waals surface area contributed by atoms with Gasteiger partial charge in [0.05, 0.1) is 25.5 Å². The smallest absolute Gasteiger partial charge is 0.199 e. The van der Waals surface area contributed by atoms with Crippen molar-refractivity contribution in [3.63, 3.8) is 0 Å². The molecule has 0 fully saturated rings. The number of benzene rings is 2. The summed E-state index contributed by atoms with van der Waals surface area (Å²) in [5, 5.41) is 0.432. The van der Waals surface area contributed by atoms with Gasteiger partial charge in [0.1, 0.15) is 0 Å². The van der Waals surface area contributed by atoms with E-state index in [1.54, 1.807) is 59.4 Å². The first kappa shape index (κ1) is 17.8. The lowest BCUT2D eigenvalue weighted by atomic mass is 10.00. The molecule has 0 aliphatic carbocycles. The Morgan fingerprint density at radius 2 is 1.88 bits per heavy atom. The van der Waals surface area contributed by atoms with Gasteiger partial charge in [0, 0.05) is 28.5 Å². The van der Waals surface area contributed by atoms with Crippen LogP contribution in [0.1, 0.15) is 26.3 Å². The van der Waals surface area contributed by atoms with Crippen molar-refractivity contribution in [2.75, 3.05) is 14.2 Å². The molecule has 0 unspecified atom stereocenters. The third-order valence-corrected chi connectivity index (χ3v) is 4.22. The van der Waals surface area contributed by atoms with Gasteiger partial charge in [0.15, 0.2) is 23.6 Å². The van der Waals surface area contributed by atoms with Gasteiger partial charge < -0.3 is 14.0 Å². The second kappa shape index (κ2) is 7.45. The van der Waals surface area contributed by atoms with Gasteiger partial charge >= 0.3 is 0 Å². The molecule has 1 heterocycles. The quantitative estimate of drug-likeness (QED) is 0.483. The summed E-state index contributed by atoms with van der Waals surface area (Å²) in [4.78, 5) is 24.2. The Morgan fingerprint density at radius 3 is 2.54 bits per heavy atom. The number of carbonyl (C=O) groups is 2. The first-order valence-corrected chi connectivity index (χ1v) is 8.15. The molecule has 1 aromatic heterocycles. The topological polar surface area (TPSA) is 57.5 Å². The normalized spacial score (nSPS) is 10.4. The van der Waals surface area contributed by atoms with Gasteiger partial charge in [-0.2, -0.15) is 0 Å². The molecular weight excluding hydrogens is 354 g/mol. The summed E-state index contributed by atoms with van der Waals surface area (Å²) in [5.74, 6) is 0.553. The van der Waals surface area contributed by atoms with Crippen LogP contribution in [0, 0.1) is 0 Å². The minimum Gasteiger partial charge on any atom is -0.493 e. The first-order chi connectivity index (χ1) is 12.6. The molecule has 0 saturated heterocycles. The van der Waals surface area contributed by atoms with Gasteiger partial charge in [0.2, 0.25) is 0 Å². The van der Waals surface area contributed by atoms with Gasteiger partial charge in [-0.05, 0) is 36.4 Å². The summed E-state index contributed by atoms with van der Waals surface area (Å²) < 4.78 is 12.4. The number of aldehydes is 1. The Kier molecular flexibility index (Phi) is 5.09. The van der Waals surface area contributed by atoms with Crippen molar-refractivity contribution in [3.05, 3.63) is 76.6 Å². The monoisotopic (exact) mass is 369 g/mol. The SMILES string of the molecule is COc1cccc(C(=O)c2cc(Cl)ccc2-n2ccc(C=O)c2)c1OC. The zero-order valence-electron chi connectivity index (χ0n) is 14.2. The maximum Gasteiger partial charge on any atom is 0.199 e. The molecule has 2 aromatic carbocycles. The van der Waals surface area contributed by atoms with Gasteiger partial charge in [-0.1, -0.05) is 17.7 Å². The average Bonchev–Trinajstić information content (AvgIpc) is 3.15. The standard InChI is InChI=1S/C20H16ClNO4/c1-25-18-5-3-4-15(20(18)26-2)19(24)16-10-14(21)6-7-17(16)22-9-8-13(11-22)12-23/h3-12H,1-2H3. The molecular formula is C20H16ClNO4. The predicted octanol–water partition coefficient (Wildman–Crippen LogP) is 4.19. The molecule has 6 heteroatoms. The Morgan fingerprint density at radius 1 is 1.08 bits per heavy atom. The molecule has 5 nitrogen and oxygen atoms in total. The number of para-hydroxylation sites is 1. The van der Waals surface area contributed by atoms with Crippen LogP contribution < -0.4 is 9.47 Å². The molecule has 0 radical (unpaired) electrons. The lowest BCUT2D eigenvalue weighted by Gasteiger charge is -2.14. The third-order valence-electron chi connectivity index (χ3n) is 3.98. The molecule has 26 heavy (non-hydrogen) atoms. The predicted molar refractivity (Wildman–Crippen MR) is 99.1 cm³/mol. The van der Waals surface area contributed by atoms with Crippen molar-refractivity contribution < 1.29 is 19.1 Å². The van der Waals surface area contributed by atoms with E-state index < -0.39 is 0 Å². The molecule has 0 saturated carbocycles. The molecule has 0 bridgehead atoms. The fourth-order valence-corrected chi connectivity index (χ4v) is 2.93.